The molecule has 0 saturated heterocycles. The van der Waals surface area contributed by atoms with E-state index >= 15 is 0 Å². The van der Waals surface area contributed by atoms with Crippen molar-refractivity contribution in [3.05, 3.63) is 90.0 Å². The van der Waals surface area contributed by atoms with Crippen LogP contribution in [0, 0.1) is 6.92 Å². The van der Waals surface area contributed by atoms with Gasteiger partial charge in [0.25, 0.3) is 0 Å². The van der Waals surface area contributed by atoms with Gasteiger partial charge in [-0.15, -0.1) is 0 Å². The van der Waals surface area contributed by atoms with E-state index in [1.54, 1.807) is 12.1 Å². The number of aryl methyl sites for hydroxylation is 1. The Morgan fingerprint density at radius 2 is 1.62 bits per heavy atom. The predicted molar refractivity (Wildman–Crippen MR) is 124 cm³/mol. The lowest BCUT2D eigenvalue weighted by atomic mass is 10.2. The molecular weight excluding hydrogens is 424 g/mol. The Balaban J connectivity index is 1.37. The molecule has 0 saturated carbocycles. The number of hydrogen-bond acceptors (Lipinski definition) is 6. The van der Waals surface area contributed by atoms with Crippen molar-refractivity contribution in [2.45, 2.75) is 18.6 Å². The highest BCUT2D eigenvalue weighted by Crippen LogP contribution is 2.25. The lowest BCUT2D eigenvalue weighted by Crippen LogP contribution is -2.20. The molecule has 1 heterocycles. The first-order valence-corrected chi connectivity index (χ1v) is 11.1. The number of imidazole rings is 1. The van der Waals surface area contributed by atoms with E-state index in [4.69, 9.17) is 9.47 Å². The minimum absolute atomic E-state index is 0.0375. The fraction of sp³-hybridized carbons (Fsp3) is 0.160. The highest BCUT2D eigenvalue weighted by Gasteiger charge is 2.15. The van der Waals surface area contributed by atoms with Crippen molar-refractivity contribution in [3.8, 4) is 5.75 Å². The predicted octanol–water partition coefficient (Wildman–Crippen LogP) is 4.63. The SMILES string of the molecule is Cc1ccccc1OC(=O)COC(=O)CSc1nc2ccccc2n1Cc1ccccc1. The average Bonchev–Trinajstić information content (AvgIpc) is 3.16. The Morgan fingerprint density at radius 1 is 0.906 bits per heavy atom. The standard InChI is InChI=1S/C25H22N2O4S/c1-18-9-5-8-14-22(18)31-23(28)16-30-24(29)17-32-25-26-20-12-6-7-13-21(20)27(25)15-19-10-3-2-4-11-19/h2-14H,15-17H2,1H3. The van der Waals surface area contributed by atoms with Gasteiger partial charge in [-0.25, -0.2) is 9.78 Å². The number of para-hydroxylation sites is 3. The molecule has 0 aliphatic carbocycles. The number of thioether (sulfide) groups is 1. The number of ether oxygens (including phenoxy) is 2. The third-order valence-corrected chi connectivity index (χ3v) is 5.74. The van der Waals surface area contributed by atoms with Crippen LogP contribution < -0.4 is 4.74 Å². The van der Waals surface area contributed by atoms with E-state index in [0.29, 0.717) is 12.3 Å². The van der Waals surface area contributed by atoms with Crippen LogP contribution in [0.5, 0.6) is 5.75 Å². The van der Waals surface area contributed by atoms with Gasteiger partial charge in [-0.3, -0.25) is 4.79 Å². The van der Waals surface area contributed by atoms with E-state index in [1.165, 1.54) is 11.8 Å². The number of fused-ring (bicyclic) bond motifs is 1. The molecule has 0 atom stereocenters. The van der Waals surface area contributed by atoms with Crippen molar-refractivity contribution in [3.63, 3.8) is 0 Å². The van der Waals surface area contributed by atoms with Crippen LogP contribution in [0.1, 0.15) is 11.1 Å². The molecule has 162 valence electrons. The summed E-state index contributed by atoms with van der Waals surface area (Å²) >= 11 is 1.28. The smallest absolute Gasteiger partial charge is 0.349 e. The Labute approximate surface area is 190 Å². The Kier molecular flexibility index (Phi) is 6.87. The third kappa shape index (κ3) is 5.36. The first kappa shape index (κ1) is 21.6. The van der Waals surface area contributed by atoms with Crippen LogP contribution in [-0.2, 0) is 20.9 Å². The molecule has 0 unspecified atom stereocenters. The normalized spacial score (nSPS) is 10.8. The van der Waals surface area contributed by atoms with Gasteiger partial charge in [-0.2, -0.15) is 0 Å². The Morgan fingerprint density at radius 3 is 2.44 bits per heavy atom. The molecule has 0 radical (unpaired) electrons. The Bertz CT molecular complexity index is 1240. The minimum atomic E-state index is -0.617. The number of rotatable bonds is 8. The first-order valence-electron chi connectivity index (χ1n) is 10.1. The van der Waals surface area contributed by atoms with Gasteiger partial charge in [0.05, 0.1) is 23.3 Å². The van der Waals surface area contributed by atoms with Crippen LogP contribution in [0.25, 0.3) is 11.0 Å². The van der Waals surface area contributed by atoms with Crippen molar-refractivity contribution in [2.24, 2.45) is 0 Å². The van der Waals surface area contributed by atoms with Crippen LogP contribution in [0.3, 0.4) is 0 Å². The summed E-state index contributed by atoms with van der Waals surface area (Å²) in [6.07, 6.45) is 0. The molecular formula is C25H22N2O4S. The van der Waals surface area contributed by atoms with Crippen molar-refractivity contribution in [1.29, 1.82) is 0 Å². The van der Waals surface area contributed by atoms with Crippen LogP contribution >= 0.6 is 11.8 Å². The van der Waals surface area contributed by atoms with Gasteiger partial charge in [0, 0.05) is 0 Å². The van der Waals surface area contributed by atoms with E-state index < -0.39 is 18.5 Å². The number of aromatic nitrogens is 2. The van der Waals surface area contributed by atoms with Crippen LogP contribution in [0.15, 0.2) is 84.0 Å². The zero-order valence-corrected chi connectivity index (χ0v) is 18.4. The third-order valence-electron chi connectivity index (χ3n) is 4.79. The van der Waals surface area contributed by atoms with Gasteiger partial charge in [-0.05, 0) is 36.2 Å². The molecule has 0 N–H and O–H groups in total. The lowest BCUT2D eigenvalue weighted by Gasteiger charge is -2.09. The van der Waals surface area contributed by atoms with E-state index in [2.05, 4.69) is 21.7 Å². The zero-order chi connectivity index (χ0) is 22.3. The van der Waals surface area contributed by atoms with Crippen molar-refractivity contribution in [2.75, 3.05) is 12.4 Å². The molecule has 0 aliphatic heterocycles. The van der Waals surface area contributed by atoms with Gasteiger partial charge in [0.2, 0.25) is 0 Å². The van der Waals surface area contributed by atoms with Crippen LogP contribution in [0.4, 0.5) is 0 Å². The van der Waals surface area contributed by atoms with Crippen LogP contribution in [-0.4, -0.2) is 33.8 Å². The van der Waals surface area contributed by atoms with Gasteiger partial charge in [0.15, 0.2) is 11.8 Å². The van der Waals surface area contributed by atoms with Gasteiger partial charge in [0.1, 0.15) is 5.75 Å². The van der Waals surface area contributed by atoms with E-state index in [0.717, 1.165) is 27.3 Å². The Hall–Kier alpha value is -3.58. The summed E-state index contributed by atoms with van der Waals surface area (Å²) in [5, 5.41) is 0.717. The minimum Gasteiger partial charge on any atom is -0.453 e. The number of benzene rings is 3. The van der Waals surface area contributed by atoms with Crippen molar-refractivity contribution in [1.82, 2.24) is 9.55 Å². The van der Waals surface area contributed by atoms with Gasteiger partial charge in [-0.1, -0.05) is 72.4 Å². The monoisotopic (exact) mass is 446 g/mol. The largest absolute Gasteiger partial charge is 0.453 e. The van der Waals surface area contributed by atoms with Gasteiger partial charge < -0.3 is 14.0 Å². The quantitative estimate of drug-likeness (QED) is 0.223. The molecule has 0 spiro atoms. The number of carbonyl (C=O) groups excluding carboxylic acids is 2. The molecule has 3 aromatic carbocycles. The average molecular weight is 447 g/mol. The molecule has 7 heteroatoms. The van der Waals surface area contributed by atoms with E-state index in [-0.39, 0.29) is 5.75 Å². The van der Waals surface area contributed by atoms with E-state index in [1.807, 2.05) is 61.5 Å². The summed E-state index contributed by atoms with van der Waals surface area (Å²) in [5.41, 5.74) is 3.83. The molecule has 0 amide bonds. The highest BCUT2D eigenvalue weighted by atomic mass is 32.2. The topological polar surface area (TPSA) is 70.4 Å². The molecule has 32 heavy (non-hydrogen) atoms. The second kappa shape index (κ2) is 10.2. The van der Waals surface area contributed by atoms with Gasteiger partial charge >= 0.3 is 11.9 Å². The summed E-state index contributed by atoms with van der Waals surface area (Å²) < 4.78 is 12.4. The fourth-order valence-electron chi connectivity index (χ4n) is 3.21. The summed E-state index contributed by atoms with van der Waals surface area (Å²) in [6, 6.07) is 25.1. The van der Waals surface area contributed by atoms with Crippen molar-refractivity contribution < 1.29 is 19.1 Å². The summed E-state index contributed by atoms with van der Waals surface area (Å²) in [7, 11) is 0. The number of esters is 2. The number of carbonyl (C=O) groups is 2. The fourth-order valence-corrected chi connectivity index (χ4v) is 4.02. The summed E-state index contributed by atoms with van der Waals surface area (Å²) in [5.74, 6) is -0.628. The number of nitrogens with zero attached hydrogens (tertiary/aromatic N) is 2. The lowest BCUT2D eigenvalue weighted by molar-refractivity contribution is -0.151. The highest BCUT2D eigenvalue weighted by molar-refractivity contribution is 7.99. The zero-order valence-electron chi connectivity index (χ0n) is 17.6. The molecule has 1 aromatic heterocycles. The second-order valence-corrected chi connectivity index (χ2v) is 8.09. The second-order valence-electron chi connectivity index (χ2n) is 7.14. The molecule has 0 aliphatic rings. The van der Waals surface area contributed by atoms with Crippen LogP contribution in [0.2, 0.25) is 0 Å². The number of hydrogen-bond donors (Lipinski definition) is 0. The van der Waals surface area contributed by atoms with E-state index in [9.17, 15) is 9.59 Å². The maximum atomic E-state index is 12.2. The molecule has 4 aromatic rings. The summed E-state index contributed by atoms with van der Waals surface area (Å²) in [6.45, 7) is 2.04. The van der Waals surface area contributed by atoms with Crippen molar-refractivity contribution >= 4 is 34.7 Å². The summed E-state index contributed by atoms with van der Waals surface area (Å²) in [4.78, 5) is 28.9. The molecule has 0 fully saturated rings. The first-order chi connectivity index (χ1) is 15.6. The molecule has 0 bridgehead atoms. The molecule has 6 nitrogen and oxygen atoms in total. The maximum Gasteiger partial charge on any atom is 0.349 e. The molecule has 4 rings (SSSR count). The maximum absolute atomic E-state index is 12.2.